The molecule has 3 aromatic rings. The molecular weight excluding hydrogens is 572 g/mol. The molecule has 232 valence electrons. The maximum atomic E-state index is 13.5. The summed E-state index contributed by atoms with van der Waals surface area (Å²) in [7, 11) is 0. The van der Waals surface area contributed by atoms with Gasteiger partial charge in [-0.1, -0.05) is 60.7 Å². The molecule has 3 atom stereocenters. The van der Waals surface area contributed by atoms with Gasteiger partial charge in [0.1, 0.15) is 0 Å². The minimum absolute atomic E-state index is 0.0762. The van der Waals surface area contributed by atoms with Crippen LogP contribution in [0.5, 0.6) is 0 Å². The van der Waals surface area contributed by atoms with Gasteiger partial charge < -0.3 is 15.8 Å². The van der Waals surface area contributed by atoms with E-state index in [1.54, 1.807) is 0 Å². The first-order valence-corrected chi connectivity index (χ1v) is 14.0. The molecule has 1 fully saturated rings. The van der Waals surface area contributed by atoms with Crippen molar-refractivity contribution in [2.45, 2.75) is 50.3 Å². The zero-order chi connectivity index (χ0) is 31.3. The van der Waals surface area contributed by atoms with Crippen molar-refractivity contribution in [1.29, 1.82) is 0 Å². The van der Waals surface area contributed by atoms with Crippen LogP contribution in [0, 0.1) is 5.92 Å². The predicted octanol–water partition coefficient (Wildman–Crippen LogP) is 6.68. The van der Waals surface area contributed by atoms with E-state index in [1.165, 1.54) is 6.92 Å². The number of carbonyl (C=O) groups is 1. The molecule has 0 spiro atoms. The molecule has 0 aliphatic carbocycles. The van der Waals surface area contributed by atoms with Crippen molar-refractivity contribution in [3.05, 3.63) is 107 Å². The van der Waals surface area contributed by atoms with Crippen molar-refractivity contribution in [1.82, 2.24) is 10.2 Å². The largest absolute Gasteiger partial charge is 0.416 e. The molecule has 5 nitrogen and oxygen atoms in total. The summed E-state index contributed by atoms with van der Waals surface area (Å²) in [5.41, 5.74) is 3.69. The van der Waals surface area contributed by atoms with E-state index in [1.807, 2.05) is 65.6 Å². The van der Waals surface area contributed by atoms with Crippen LogP contribution in [0.4, 0.5) is 26.3 Å². The van der Waals surface area contributed by atoms with Gasteiger partial charge in [-0.15, -0.1) is 0 Å². The van der Waals surface area contributed by atoms with Gasteiger partial charge in [-0.3, -0.25) is 9.69 Å². The second-order valence-electron chi connectivity index (χ2n) is 11.1. The van der Waals surface area contributed by atoms with Crippen LogP contribution < -0.4 is 11.1 Å². The van der Waals surface area contributed by atoms with Gasteiger partial charge in [-0.25, -0.2) is 0 Å². The van der Waals surface area contributed by atoms with E-state index in [4.69, 9.17) is 10.5 Å². The number of hydrogen-bond donors (Lipinski definition) is 2. The highest BCUT2D eigenvalue weighted by Crippen LogP contribution is 2.42. The summed E-state index contributed by atoms with van der Waals surface area (Å²) < 4.78 is 87.0. The van der Waals surface area contributed by atoms with E-state index >= 15 is 0 Å². The fourth-order valence-electron chi connectivity index (χ4n) is 5.66. The third-order valence-electron chi connectivity index (χ3n) is 7.96. The summed E-state index contributed by atoms with van der Waals surface area (Å²) >= 11 is 0. The van der Waals surface area contributed by atoms with E-state index < -0.39 is 41.0 Å². The fourth-order valence-corrected chi connectivity index (χ4v) is 5.66. The lowest BCUT2D eigenvalue weighted by Crippen LogP contribution is -2.57. The first kappa shape index (κ1) is 32.5. The summed E-state index contributed by atoms with van der Waals surface area (Å²) in [4.78, 5) is 14.2. The third-order valence-corrected chi connectivity index (χ3v) is 7.96. The first-order chi connectivity index (χ1) is 20.3. The van der Waals surface area contributed by atoms with Gasteiger partial charge in [-0.2, -0.15) is 26.3 Å². The minimum Gasteiger partial charge on any atom is -0.372 e. The average molecular weight is 608 g/mol. The number of likely N-dealkylation sites (tertiary alicyclic amines) is 1. The summed E-state index contributed by atoms with van der Waals surface area (Å²) in [5.74, 6) is -0.394. The van der Waals surface area contributed by atoms with Gasteiger partial charge >= 0.3 is 12.4 Å². The zero-order valence-electron chi connectivity index (χ0n) is 23.7. The Morgan fingerprint density at radius 3 is 2.12 bits per heavy atom. The molecule has 0 unspecified atom stereocenters. The predicted molar refractivity (Wildman–Crippen MR) is 151 cm³/mol. The lowest BCUT2D eigenvalue weighted by atomic mass is 9.77. The summed E-state index contributed by atoms with van der Waals surface area (Å²) in [5, 5.41) is 3.46. The normalized spacial score (nSPS) is 20.6. The summed E-state index contributed by atoms with van der Waals surface area (Å²) in [6.45, 7) is 3.09. The third kappa shape index (κ3) is 8.36. The maximum absolute atomic E-state index is 13.5. The van der Waals surface area contributed by atoms with E-state index in [0.29, 0.717) is 38.2 Å². The monoisotopic (exact) mass is 607 g/mol. The SMILES string of the molecule is C[C@@H](OC[C@@]1(c2ccccc2)CC[C@H](CNCc2ccccc2)CN1CC(N)=O)c1cc(C(F)(F)F)cc(C(F)(F)F)c1. The van der Waals surface area contributed by atoms with Gasteiger partial charge in [0.15, 0.2) is 0 Å². The minimum atomic E-state index is -4.97. The number of piperidine rings is 1. The number of ether oxygens (including phenoxy) is 1. The molecule has 0 radical (unpaired) electrons. The molecule has 1 aliphatic rings. The fraction of sp³-hybridized carbons (Fsp3) is 0.406. The first-order valence-electron chi connectivity index (χ1n) is 14.0. The molecule has 1 heterocycles. The Hall–Kier alpha value is -3.41. The number of nitrogens with zero attached hydrogens (tertiary/aromatic N) is 1. The van der Waals surface area contributed by atoms with Crippen molar-refractivity contribution in [2.75, 3.05) is 26.2 Å². The molecule has 4 rings (SSSR count). The molecule has 11 heteroatoms. The Morgan fingerprint density at radius 1 is 0.977 bits per heavy atom. The number of nitrogens with one attached hydrogen (secondary N) is 1. The molecule has 1 amide bonds. The van der Waals surface area contributed by atoms with Crippen LogP contribution in [0.15, 0.2) is 78.9 Å². The van der Waals surface area contributed by atoms with Gasteiger partial charge in [0, 0.05) is 13.1 Å². The number of nitrogens with two attached hydrogens (primary N) is 1. The van der Waals surface area contributed by atoms with Gasteiger partial charge in [-0.05, 0) is 67.1 Å². The highest BCUT2D eigenvalue weighted by atomic mass is 19.4. The zero-order valence-corrected chi connectivity index (χ0v) is 23.7. The molecule has 43 heavy (non-hydrogen) atoms. The number of rotatable bonds is 11. The highest BCUT2D eigenvalue weighted by Gasteiger charge is 2.44. The molecular formula is C32H35F6N3O2. The van der Waals surface area contributed by atoms with Crippen LogP contribution >= 0.6 is 0 Å². The topological polar surface area (TPSA) is 67.6 Å². The van der Waals surface area contributed by atoms with Crippen molar-refractivity contribution in [3.63, 3.8) is 0 Å². The highest BCUT2D eigenvalue weighted by molar-refractivity contribution is 5.76. The smallest absolute Gasteiger partial charge is 0.372 e. The van der Waals surface area contributed by atoms with Crippen LogP contribution in [0.2, 0.25) is 0 Å². The van der Waals surface area contributed by atoms with E-state index in [9.17, 15) is 31.1 Å². The van der Waals surface area contributed by atoms with Gasteiger partial charge in [0.25, 0.3) is 0 Å². The molecule has 1 aliphatic heterocycles. The summed E-state index contributed by atoms with van der Waals surface area (Å²) in [6.07, 6.45) is -9.76. The Kier molecular flexibility index (Phi) is 10.2. The van der Waals surface area contributed by atoms with Crippen molar-refractivity contribution < 1.29 is 35.9 Å². The number of halogens is 6. The van der Waals surface area contributed by atoms with E-state index in [2.05, 4.69) is 5.32 Å². The van der Waals surface area contributed by atoms with Crippen molar-refractivity contribution in [3.8, 4) is 0 Å². The van der Waals surface area contributed by atoms with Crippen LogP contribution in [-0.2, 0) is 34.0 Å². The van der Waals surface area contributed by atoms with Crippen LogP contribution in [0.3, 0.4) is 0 Å². The number of primary amides is 1. The molecule has 0 saturated carbocycles. The quantitative estimate of drug-likeness (QED) is 0.239. The molecule has 0 aromatic heterocycles. The second kappa shape index (κ2) is 13.5. The Bertz CT molecular complexity index is 1320. The number of benzene rings is 3. The molecule has 1 saturated heterocycles. The Balaban J connectivity index is 1.58. The van der Waals surface area contributed by atoms with E-state index in [0.717, 1.165) is 17.5 Å². The number of alkyl halides is 6. The summed E-state index contributed by atoms with van der Waals surface area (Å²) in [6, 6.07) is 20.6. The Labute approximate surface area is 247 Å². The Morgan fingerprint density at radius 2 is 1.56 bits per heavy atom. The standard InChI is InChI=1S/C32H35F6N3O2/c1-22(25-14-27(31(33,34)35)16-28(15-25)32(36,37)38)43-21-30(26-10-6-3-7-11-26)13-12-24(19-41(30)20-29(39)42)18-40-17-23-8-4-2-5-9-23/h2-11,14-16,22,24,40H,12-13,17-21H2,1H3,(H2,39,42)/t22-,24-,30-/m1/s1. The van der Waals surface area contributed by atoms with Crippen LogP contribution in [0.25, 0.3) is 0 Å². The molecule has 3 N–H and O–H groups in total. The number of carbonyl (C=O) groups excluding carboxylic acids is 1. The number of amides is 1. The van der Waals surface area contributed by atoms with Crippen LogP contribution in [-0.4, -0.2) is 37.0 Å². The van der Waals surface area contributed by atoms with Crippen molar-refractivity contribution >= 4 is 5.91 Å². The van der Waals surface area contributed by atoms with E-state index in [-0.39, 0.29) is 30.7 Å². The maximum Gasteiger partial charge on any atom is 0.416 e. The second-order valence-corrected chi connectivity index (χ2v) is 11.1. The number of hydrogen-bond acceptors (Lipinski definition) is 4. The average Bonchev–Trinajstić information content (AvgIpc) is 2.96. The lowest BCUT2D eigenvalue weighted by molar-refractivity contribution is -0.143. The van der Waals surface area contributed by atoms with Crippen molar-refractivity contribution in [2.24, 2.45) is 11.7 Å². The molecule has 3 aromatic carbocycles. The van der Waals surface area contributed by atoms with Gasteiger partial charge in [0.2, 0.25) is 5.91 Å². The van der Waals surface area contributed by atoms with Crippen LogP contribution in [0.1, 0.15) is 53.7 Å². The molecule has 0 bridgehead atoms. The lowest BCUT2D eigenvalue weighted by Gasteiger charge is -2.50. The van der Waals surface area contributed by atoms with Gasteiger partial charge in [0.05, 0.1) is 35.9 Å².